The number of thioether (sulfide) groups is 1. The predicted octanol–water partition coefficient (Wildman–Crippen LogP) is 4.34. The Bertz CT molecular complexity index is 1010. The van der Waals surface area contributed by atoms with Gasteiger partial charge in [-0.15, -0.1) is 0 Å². The van der Waals surface area contributed by atoms with Crippen LogP contribution in [0.4, 0.5) is 0 Å². The third kappa shape index (κ3) is 3.43. The van der Waals surface area contributed by atoms with Crippen LogP contribution in [0.2, 0.25) is 0 Å². The molecule has 2 heterocycles. The van der Waals surface area contributed by atoms with Gasteiger partial charge in [0.25, 0.3) is 0 Å². The van der Waals surface area contributed by atoms with Crippen molar-refractivity contribution in [1.29, 1.82) is 0 Å². The number of methoxy groups -OCH3 is 1. The van der Waals surface area contributed by atoms with E-state index in [1.807, 2.05) is 11.8 Å². The number of fused-ring (bicyclic) bond motifs is 3. The first-order valence-corrected chi connectivity index (χ1v) is 12.2. The molecule has 0 fully saturated rings. The molecule has 3 aromatic rings. The SMILES string of the molecule is COc1ccc(C2C=C([Se]c3ccccc3)Sc3nc4c(n32)CCCC4)cc1. The van der Waals surface area contributed by atoms with Crippen LogP contribution in [-0.2, 0) is 12.8 Å². The zero-order valence-corrected chi connectivity index (χ0v) is 18.3. The molecule has 0 N–H and O–H groups in total. The molecule has 5 heteroatoms. The van der Waals surface area contributed by atoms with Crippen LogP contribution in [0.25, 0.3) is 0 Å². The predicted molar refractivity (Wildman–Crippen MR) is 116 cm³/mol. The molecule has 3 nitrogen and oxygen atoms in total. The third-order valence-electron chi connectivity index (χ3n) is 5.32. The zero-order valence-electron chi connectivity index (χ0n) is 15.8. The monoisotopic (exact) mass is 454 g/mol. The van der Waals surface area contributed by atoms with Crippen molar-refractivity contribution in [3.63, 3.8) is 0 Å². The van der Waals surface area contributed by atoms with Gasteiger partial charge in [0, 0.05) is 0 Å². The van der Waals surface area contributed by atoms with Gasteiger partial charge in [-0.05, 0) is 0 Å². The summed E-state index contributed by atoms with van der Waals surface area (Å²) in [6.07, 6.45) is 7.24. The second-order valence-electron chi connectivity index (χ2n) is 7.09. The summed E-state index contributed by atoms with van der Waals surface area (Å²) in [6.45, 7) is 0. The van der Waals surface area contributed by atoms with E-state index in [1.54, 1.807) is 7.11 Å². The van der Waals surface area contributed by atoms with Gasteiger partial charge in [-0.2, -0.15) is 0 Å². The van der Waals surface area contributed by atoms with E-state index in [-0.39, 0.29) is 6.04 Å². The minimum absolute atomic E-state index is 0.220. The number of hydrogen-bond donors (Lipinski definition) is 0. The summed E-state index contributed by atoms with van der Waals surface area (Å²) in [4.78, 5) is 5.06. The van der Waals surface area contributed by atoms with Gasteiger partial charge < -0.3 is 0 Å². The van der Waals surface area contributed by atoms with E-state index in [9.17, 15) is 0 Å². The topological polar surface area (TPSA) is 27.1 Å². The summed E-state index contributed by atoms with van der Waals surface area (Å²) in [5.74, 6) is 0.902. The van der Waals surface area contributed by atoms with Gasteiger partial charge in [0.2, 0.25) is 0 Å². The number of allylic oxidation sites excluding steroid dienone is 1. The van der Waals surface area contributed by atoms with Crippen molar-refractivity contribution in [2.75, 3.05) is 7.11 Å². The molecule has 2 aliphatic rings. The molecule has 2 aromatic carbocycles. The molecule has 1 aliphatic heterocycles. The standard InChI is InChI=1S/C23H22N2OSSe/c1-26-17-13-11-16(12-14-17)21-15-22(28-18-7-3-2-4-8-18)27-23-24-19-9-5-6-10-20(19)25(21)23/h2-4,7-8,11-15,21H,5-6,9-10H2,1H3. The van der Waals surface area contributed by atoms with Crippen LogP contribution in [0.5, 0.6) is 5.75 Å². The fourth-order valence-corrected chi connectivity index (χ4v) is 7.57. The van der Waals surface area contributed by atoms with Gasteiger partial charge >= 0.3 is 177 Å². The Hall–Kier alpha value is -1.94. The van der Waals surface area contributed by atoms with Crippen LogP contribution in [0.15, 0.2) is 69.6 Å². The van der Waals surface area contributed by atoms with Crippen LogP contribution in [0.1, 0.15) is 35.8 Å². The van der Waals surface area contributed by atoms with Crippen molar-refractivity contribution in [2.45, 2.75) is 36.9 Å². The molecule has 1 aliphatic carbocycles. The molecule has 142 valence electrons. The second kappa shape index (κ2) is 7.82. The molecule has 5 rings (SSSR count). The molecular weight excluding hydrogens is 431 g/mol. The van der Waals surface area contributed by atoms with Crippen molar-refractivity contribution in [2.24, 2.45) is 0 Å². The van der Waals surface area contributed by atoms with Crippen LogP contribution in [-0.4, -0.2) is 31.6 Å². The molecule has 0 saturated heterocycles. The first-order chi connectivity index (χ1) is 13.8. The summed E-state index contributed by atoms with van der Waals surface area (Å²) in [6, 6.07) is 19.6. The minimum atomic E-state index is 0.220. The maximum atomic E-state index is 5.37. The molecule has 1 aromatic heterocycles. The molecule has 0 spiro atoms. The van der Waals surface area contributed by atoms with Gasteiger partial charge in [0.05, 0.1) is 0 Å². The Kier molecular flexibility index (Phi) is 5.06. The van der Waals surface area contributed by atoms with Crippen molar-refractivity contribution in [3.05, 3.63) is 81.4 Å². The van der Waals surface area contributed by atoms with Crippen LogP contribution in [0.3, 0.4) is 0 Å². The number of aryl methyl sites for hydroxylation is 1. The fraction of sp³-hybridized carbons (Fsp3) is 0.261. The first-order valence-electron chi connectivity index (χ1n) is 9.68. The number of aromatic nitrogens is 2. The zero-order chi connectivity index (χ0) is 18.9. The van der Waals surface area contributed by atoms with Crippen LogP contribution >= 0.6 is 11.8 Å². The van der Waals surface area contributed by atoms with E-state index in [0.717, 1.165) is 18.6 Å². The Morgan fingerprint density at radius 2 is 1.82 bits per heavy atom. The molecule has 1 unspecified atom stereocenters. The number of nitrogens with zero attached hydrogens (tertiary/aromatic N) is 2. The number of imidazole rings is 1. The van der Waals surface area contributed by atoms with Gasteiger partial charge in [0.1, 0.15) is 0 Å². The van der Waals surface area contributed by atoms with Crippen molar-refractivity contribution < 1.29 is 4.74 Å². The summed E-state index contributed by atoms with van der Waals surface area (Å²) in [5.41, 5.74) is 4.06. The molecule has 0 radical (unpaired) electrons. The summed E-state index contributed by atoms with van der Waals surface area (Å²) in [5, 5.41) is 1.17. The second-order valence-corrected chi connectivity index (χ2v) is 11.0. The Balaban J connectivity index is 1.57. The van der Waals surface area contributed by atoms with E-state index in [4.69, 9.17) is 9.72 Å². The van der Waals surface area contributed by atoms with E-state index in [1.165, 1.54) is 43.2 Å². The Morgan fingerprint density at radius 3 is 2.61 bits per heavy atom. The molecule has 1 atom stereocenters. The summed E-state index contributed by atoms with van der Waals surface area (Å²) < 4.78 is 10.7. The molecular formula is C23H22N2OSSe. The summed E-state index contributed by atoms with van der Waals surface area (Å²) >= 11 is 2.17. The Morgan fingerprint density at radius 1 is 1.04 bits per heavy atom. The van der Waals surface area contributed by atoms with Crippen LogP contribution < -0.4 is 9.20 Å². The molecule has 0 amide bonds. The van der Waals surface area contributed by atoms with Crippen molar-refractivity contribution in [1.82, 2.24) is 9.55 Å². The van der Waals surface area contributed by atoms with E-state index >= 15 is 0 Å². The van der Waals surface area contributed by atoms with Gasteiger partial charge in [-0.25, -0.2) is 0 Å². The third-order valence-corrected chi connectivity index (χ3v) is 8.86. The van der Waals surface area contributed by atoms with Crippen molar-refractivity contribution >= 4 is 31.2 Å². The number of rotatable bonds is 4. The van der Waals surface area contributed by atoms with Gasteiger partial charge in [0.15, 0.2) is 0 Å². The average molecular weight is 453 g/mol. The van der Waals surface area contributed by atoms with E-state index in [0.29, 0.717) is 15.0 Å². The molecule has 0 saturated carbocycles. The van der Waals surface area contributed by atoms with E-state index < -0.39 is 0 Å². The molecule has 0 bridgehead atoms. The van der Waals surface area contributed by atoms with Gasteiger partial charge in [-0.3, -0.25) is 0 Å². The molecule has 28 heavy (non-hydrogen) atoms. The number of hydrogen-bond acceptors (Lipinski definition) is 3. The number of benzene rings is 2. The summed E-state index contributed by atoms with van der Waals surface area (Å²) in [7, 11) is 1.72. The average Bonchev–Trinajstić information content (AvgIpc) is 3.12. The van der Waals surface area contributed by atoms with E-state index in [2.05, 4.69) is 65.2 Å². The Labute approximate surface area is 176 Å². The van der Waals surface area contributed by atoms with Gasteiger partial charge in [-0.1, -0.05) is 0 Å². The van der Waals surface area contributed by atoms with Crippen molar-refractivity contribution in [3.8, 4) is 5.75 Å². The maximum absolute atomic E-state index is 5.37. The quantitative estimate of drug-likeness (QED) is 0.550. The normalized spacial score (nSPS) is 18.2. The number of ether oxygens (including phenoxy) is 1. The van der Waals surface area contributed by atoms with Crippen LogP contribution in [0, 0.1) is 0 Å². The fourth-order valence-electron chi connectivity index (χ4n) is 3.93. The first kappa shape index (κ1) is 18.1.